The van der Waals surface area contributed by atoms with E-state index in [1.165, 1.54) is 4.57 Å². The van der Waals surface area contributed by atoms with Crippen LogP contribution in [0.15, 0.2) is 11.0 Å². The Bertz CT molecular complexity index is 607. The van der Waals surface area contributed by atoms with Crippen LogP contribution in [-0.4, -0.2) is 19.3 Å². The van der Waals surface area contributed by atoms with E-state index in [0.717, 1.165) is 6.54 Å². The molecule has 15 heavy (non-hydrogen) atoms. The smallest absolute Gasteiger partial charge is 0.282 e. The second-order valence-electron chi connectivity index (χ2n) is 3.23. The minimum absolute atomic E-state index is 0.122. The summed E-state index contributed by atoms with van der Waals surface area (Å²) in [6.07, 6.45) is 1.80. The quantitative estimate of drug-likeness (QED) is 0.782. The maximum atomic E-state index is 11.9. The number of hydrogen-bond acceptors (Lipinski definition) is 3. The highest BCUT2D eigenvalue weighted by molar-refractivity contribution is 7.71. The van der Waals surface area contributed by atoms with Crippen LogP contribution >= 0.6 is 12.2 Å². The molecule has 0 aromatic carbocycles. The lowest BCUT2D eigenvalue weighted by atomic mass is 10.4. The SMILES string of the molecule is CCn1cc2[nH]c(=S)n(CC)c(=O)c2n1. The van der Waals surface area contributed by atoms with Gasteiger partial charge in [-0.2, -0.15) is 5.10 Å². The summed E-state index contributed by atoms with van der Waals surface area (Å²) in [5, 5.41) is 4.19. The van der Waals surface area contributed by atoms with E-state index in [2.05, 4.69) is 10.1 Å². The predicted octanol–water partition coefficient (Wildman–Crippen LogP) is 1.30. The van der Waals surface area contributed by atoms with Gasteiger partial charge in [0, 0.05) is 19.3 Å². The lowest BCUT2D eigenvalue weighted by molar-refractivity contribution is 0.663. The Balaban J connectivity index is 2.89. The van der Waals surface area contributed by atoms with E-state index >= 15 is 0 Å². The Morgan fingerprint density at radius 1 is 1.47 bits per heavy atom. The van der Waals surface area contributed by atoms with Crippen LogP contribution in [0.5, 0.6) is 0 Å². The number of aromatic nitrogens is 4. The van der Waals surface area contributed by atoms with Crippen LogP contribution in [0.3, 0.4) is 0 Å². The van der Waals surface area contributed by atoms with Crippen molar-refractivity contribution in [3.63, 3.8) is 0 Å². The molecule has 5 nitrogen and oxygen atoms in total. The summed E-state index contributed by atoms with van der Waals surface area (Å²) in [7, 11) is 0. The summed E-state index contributed by atoms with van der Waals surface area (Å²) >= 11 is 5.08. The van der Waals surface area contributed by atoms with Gasteiger partial charge in [-0.1, -0.05) is 0 Å². The first kappa shape index (κ1) is 10.1. The molecular weight excluding hydrogens is 212 g/mol. The van der Waals surface area contributed by atoms with Gasteiger partial charge in [0.15, 0.2) is 10.3 Å². The van der Waals surface area contributed by atoms with Crippen molar-refractivity contribution in [2.45, 2.75) is 26.9 Å². The first-order chi connectivity index (χ1) is 7.17. The van der Waals surface area contributed by atoms with Gasteiger partial charge in [-0.3, -0.25) is 14.0 Å². The average molecular weight is 224 g/mol. The summed E-state index contributed by atoms with van der Waals surface area (Å²) in [5.41, 5.74) is 1.03. The molecule has 80 valence electrons. The minimum atomic E-state index is -0.122. The van der Waals surface area contributed by atoms with Gasteiger partial charge in [-0.25, -0.2) is 0 Å². The summed E-state index contributed by atoms with van der Waals surface area (Å²) in [4.78, 5) is 14.9. The number of H-pyrrole nitrogens is 1. The summed E-state index contributed by atoms with van der Waals surface area (Å²) < 4.78 is 3.67. The molecule has 0 fully saturated rings. The standard InChI is InChI=1S/C9H12N4OS/c1-3-12-5-6-7(11-12)8(14)13(4-2)9(15)10-6/h5H,3-4H2,1-2H3,(H,10,15). The molecule has 0 saturated carbocycles. The molecule has 1 N–H and O–H groups in total. The van der Waals surface area contributed by atoms with Crippen molar-refractivity contribution in [3.8, 4) is 0 Å². The molecule has 2 aromatic heterocycles. The third-order valence-electron chi connectivity index (χ3n) is 2.34. The molecule has 0 unspecified atom stereocenters. The molecule has 0 radical (unpaired) electrons. The molecular formula is C9H12N4OS. The summed E-state index contributed by atoms with van der Waals surface area (Å²) in [6, 6.07) is 0. The Morgan fingerprint density at radius 3 is 2.80 bits per heavy atom. The van der Waals surface area contributed by atoms with Gasteiger partial charge >= 0.3 is 0 Å². The molecule has 2 aromatic rings. The van der Waals surface area contributed by atoms with Crippen molar-refractivity contribution in [1.82, 2.24) is 19.3 Å². The third-order valence-corrected chi connectivity index (χ3v) is 2.66. The number of nitrogens with zero attached hydrogens (tertiary/aromatic N) is 3. The van der Waals surface area contributed by atoms with Crippen LogP contribution in [-0.2, 0) is 13.1 Å². The fourth-order valence-corrected chi connectivity index (χ4v) is 1.84. The molecule has 2 rings (SSSR count). The fraction of sp³-hybridized carbons (Fsp3) is 0.444. The zero-order valence-electron chi connectivity index (χ0n) is 8.65. The molecule has 0 aliphatic rings. The van der Waals surface area contributed by atoms with Crippen LogP contribution in [0.2, 0.25) is 0 Å². The first-order valence-electron chi connectivity index (χ1n) is 4.87. The minimum Gasteiger partial charge on any atom is -0.329 e. The number of aryl methyl sites for hydroxylation is 1. The third kappa shape index (κ3) is 1.50. The van der Waals surface area contributed by atoms with Crippen molar-refractivity contribution in [1.29, 1.82) is 0 Å². The van der Waals surface area contributed by atoms with E-state index in [1.54, 1.807) is 10.9 Å². The van der Waals surface area contributed by atoms with Crippen LogP contribution in [0.4, 0.5) is 0 Å². The number of rotatable bonds is 2. The Labute approximate surface area is 91.3 Å². The highest BCUT2D eigenvalue weighted by atomic mass is 32.1. The molecule has 0 spiro atoms. The fourth-order valence-electron chi connectivity index (χ4n) is 1.52. The van der Waals surface area contributed by atoms with E-state index in [0.29, 0.717) is 22.3 Å². The summed E-state index contributed by atoms with van der Waals surface area (Å²) in [5.74, 6) is 0. The second kappa shape index (κ2) is 3.62. The Kier molecular flexibility index (Phi) is 2.44. The molecule has 0 saturated heterocycles. The van der Waals surface area contributed by atoms with Crippen molar-refractivity contribution < 1.29 is 0 Å². The molecule has 0 bridgehead atoms. The Hall–Kier alpha value is -1.43. The van der Waals surface area contributed by atoms with Gasteiger partial charge in [-0.05, 0) is 26.1 Å². The summed E-state index contributed by atoms with van der Waals surface area (Å²) in [6.45, 7) is 5.15. The predicted molar refractivity (Wildman–Crippen MR) is 60.5 cm³/mol. The molecule has 2 heterocycles. The van der Waals surface area contributed by atoms with Gasteiger partial charge in [0.25, 0.3) is 5.56 Å². The zero-order valence-corrected chi connectivity index (χ0v) is 9.47. The molecule has 0 amide bonds. The number of hydrogen-bond donors (Lipinski definition) is 1. The van der Waals surface area contributed by atoms with Crippen molar-refractivity contribution in [2.75, 3.05) is 0 Å². The lowest BCUT2D eigenvalue weighted by Crippen LogP contribution is -2.21. The molecule has 0 aliphatic heterocycles. The van der Waals surface area contributed by atoms with Gasteiger partial charge in [-0.15, -0.1) is 0 Å². The highest BCUT2D eigenvalue weighted by Gasteiger charge is 2.07. The van der Waals surface area contributed by atoms with E-state index in [1.807, 2.05) is 13.8 Å². The normalized spacial score (nSPS) is 11.1. The largest absolute Gasteiger partial charge is 0.329 e. The van der Waals surface area contributed by atoms with E-state index < -0.39 is 0 Å². The van der Waals surface area contributed by atoms with Crippen LogP contribution in [0.25, 0.3) is 11.0 Å². The van der Waals surface area contributed by atoms with Crippen molar-refractivity contribution in [3.05, 3.63) is 21.3 Å². The molecule has 0 atom stereocenters. The number of nitrogens with one attached hydrogen (secondary N) is 1. The average Bonchev–Trinajstić information content (AvgIpc) is 2.61. The van der Waals surface area contributed by atoms with Crippen molar-refractivity contribution >= 4 is 23.3 Å². The maximum Gasteiger partial charge on any atom is 0.282 e. The van der Waals surface area contributed by atoms with Gasteiger partial charge < -0.3 is 4.98 Å². The monoisotopic (exact) mass is 224 g/mol. The van der Waals surface area contributed by atoms with E-state index in [-0.39, 0.29) is 5.56 Å². The molecule has 0 aliphatic carbocycles. The van der Waals surface area contributed by atoms with Crippen LogP contribution in [0.1, 0.15) is 13.8 Å². The van der Waals surface area contributed by atoms with Crippen molar-refractivity contribution in [2.24, 2.45) is 0 Å². The number of aromatic amines is 1. The second-order valence-corrected chi connectivity index (χ2v) is 3.61. The number of fused-ring (bicyclic) bond motifs is 1. The van der Waals surface area contributed by atoms with Gasteiger partial charge in [0.05, 0.1) is 5.52 Å². The van der Waals surface area contributed by atoms with E-state index in [4.69, 9.17) is 12.2 Å². The Morgan fingerprint density at radius 2 is 2.20 bits per heavy atom. The van der Waals surface area contributed by atoms with Gasteiger partial charge in [0.1, 0.15) is 0 Å². The maximum absolute atomic E-state index is 11.9. The first-order valence-corrected chi connectivity index (χ1v) is 5.28. The zero-order chi connectivity index (χ0) is 11.0. The van der Waals surface area contributed by atoms with Crippen LogP contribution in [0, 0.1) is 4.77 Å². The lowest BCUT2D eigenvalue weighted by Gasteiger charge is -2.00. The molecule has 6 heteroatoms. The topological polar surface area (TPSA) is 55.6 Å². The van der Waals surface area contributed by atoms with Crippen LogP contribution < -0.4 is 5.56 Å². The van der Waals surface area contributed by atoms with E-state index in [9.17, 15) is 4.79 Å². The van der Waals surface area contributed by atoms with Gasteiger partial charge in [0.2, 0.25) is 0 Å². The highest BCUT2D eigenvalue weighted by Crippen LogP contribution is 2.04.